The number of rotatable bonds is 10. The molecular formula is C13H23N3O2S2. The summed E-state index contributed by atoms with van der Waals surface area (Å²) >= 11 is 5.71. The van der Waals surface area contributed by atoms with Crippen LogP contribution < -0.4 is 11.1 Å². The summed E-state index contributed by atoms with van der Waals surface area (Å²) in [6.45, 7) is 0. The SMILES string of the molecule is Cn1[nH]c(=O)c(=O)nc1SCCCCCCCCCS. The van der Waals surface area contributed by atoms with Crippen molar-refractivity contribution in [2.45, 2.75) is 50.1 Å². The van der Waals surface area contributed by atoms with Gasteiger partial charge in [0, 0.05) is 12.8 Å². The van der Waals surface area contributed by atoms with Gasteiger partial charge in [0.05, 0.1) is 0 Å². The maximum absolute atomic E-state index is 11.2. The number of hydrogen-bond donors (Lipinski definition) is 2. The molecule has 0 saturated heterocycles. The normalized spacial score (nSPS) is 10.9. The molecule has 0 aromatic carbocycles. The third-order valence-corrected chi connectivity index (χ3v) is 4.41. The van der Waals surface area contributed by atoms with Crippen molar-refractivity contribution in [1.82, 2.24) is 14.8 Å². The molecule has 114 valence electrons. The first-order valence-corrected chi connectivity index (χ1v) is 8.68. The number of H-pyrrole nitrogens is 1. The molecule has 0 atom stereocenters. The molecule has 1 heterocycles. The second kappa shape index (κ2) is 10.1. The van der Waals surface area contributed by atoms with Crippen molar-refractivity contribution in [2.24, 2.45) is 7.05 Å². The lowest BCUT2D eigenvalue weighted by atomic mass is 10.1. The van der Waals surface area contributed by atoms with Gasteiger partial charge in [-0.05, 0) is 18.6 Å². The van der Waals surface area contributed by atoms with E-state index in [1.165, 1.54) is 55.0 Å². The molecule has 5 nitrogen and oxygen atoms in total. The zero-order chi connectivity index (χ0) is 14.8. The highest BCUT2D eigenvalue weighted by Gasteiger charge is 2.03. The number of nitrogens with zero attached hydrogens (tertiary/aromatic N) is 2. The van der Waals surface area contributed by atoms with E-state index in [-0.39, 0.29) is 0 Å². The van der Waals surface area contributed by atoms with Gasteiger partial charge in [-0.25, -0.2) is 0 Å². The summed E-state index contributed by atoms with van der Waals surface area (Å²) < 4.78 is 1.51. The first kappa shape index (κ1) is 17.4. The van der Waals surface area contributed by atoms with Crippen molar-refractivity contribution < 1.29 is 0 Å². The highest BCUT2D eigenvalue weighted by Crippen LogP contribution is 2.15. The van der Waals surface area contributed by atoms with Crippen LogP contribution >= 0.6 is 24.4 Å². The molecule has 0 unspecified atom stereocenters. The van der Waals surface area contributed by atoms with E-state index in [1.54, 1.807) is 7.05 Å². The van der Waals surface area contributed by atoms with Gasteiger partial charge in [0.25, 0.3) is 0 Å². The summed E-state index contributed by atoms with van der Waals surface area (Å²) in [5, 5.41) is 3.02. The standard InChI is InChI=1S/C13H23N3O2S2/c1-16-13(14-11(17)12(18)15-16)20-10-8-6-4-2-3-5-7-9-19/h19H,2-10H2,1H3,(H,15,18). The van der Waals surface area contributed by atoms with Crippen LogP contribution in [0, 0.1) is 0 Å². The molecular weight excluding hydrogens is 294 g/mol. The van der Waals surface area contributed by atoms with Gasteiger partial charge in [-0.2, -0.15) is 17.6 Å². The van der Waals surface area contributed by atoms with Crippen LogP contribution in [-0.4, -0.2) is 26.3 Å². The van der Waals surface area contributed by atoms with Gasteiger partial charge in [0.1, 0.15) is 0 Å². The Morgan fingerprint density at radius 2 is 1.70 bits per heavy atom. The van der Waals surface area contributed by atoms with Gasteiger partial charge in [0.2, 0.25) is 0 Å². The first-order valence-electron chi connectivity index (χ1n) is 7.06. The molecule has 7 heteroatoms. The number of aryl methyl sites for hydroxylation is 1. The zero-order valence-electron chi connectivity index (χ0n) is 11.9. The number of nitrogens with one attached hydrogen (secondary N) is 1. The van der Waals surface area contributed by atoms with Crippen LogP contribution in [0.5, 0.6) is 0 Å². The molecule has 0 fully saturated rings. The monoisotopic (exact) mass is 317 g/mol. The Morgan fingerprint density at radius 3 is 2.35 bits per heavy atom. The Morgan fingerprint density at radius 1 is 1.10 bits per heavy atom. The summed E-state index contributed by atoms with van der Waals surface area (Å²) in [6, 6.07) is 0. The van der Waals surface area contributed by atoms with Crippen molar-refractivity contribution in [2.75, 3.05) is 11.5 Å². The largest absolute Gasteiger partial charge is 0.339 e. The lowest BCUT2D eigenvalue weighted by Gasteiger charge is -2.05. The Bertz CT molecular complexity index is 499. The average molecular weight is 317 g/mol. The number of aromatic amines is 1. The Hall–Kier alpha value is -0.690. The summed E-state index contributed by atoms with van der Waals surface area (Å²) in [6.07, 6.45) is 8.63. The van der Waals surface area contributed by atoms with Crippen molar-refractivity contribution in [3.05, 3.63) is 20.7 Å². The van der Waals surface area contributed by atoms with Gasteiger partial charge < -0.3 is 0 Å². The lowest BCUT2D eigenvalue weighted by Crippen LogP contribution is -2.33. The van der Waals surface area contributed by atoms with Gasteiger partial charge >= 0.3 is 11.1 Å². The molecule has 0 spiro atoms. The minimum Gasteiger partial charge on any atom is -0.265 e. The fourth-order valence-corrected chi connectivity index (χ4v) is 2.99. The lowest BCUT2D eigenvalue weighted by molar-refractivity contribution is 0.592. The fourth-order valence-electron chi connectivity index (χ4n) is 1.85. The van der Waals surface area contributed by atoms with Gasteiger partial charge in [0.15, 0.2) is 5.16 Å². The Balaban J connectivity index is 2.14. The zero-order valence-corrected chi connectivity index (χ0v) is 13.6. The van der Waals surface area contributed by atoms with Crippen LogP contribution in [0.4, 0.5) is 0 Å². The third-order valence-electron chi connectivity index (χ3n) is 2.98. The quantitative estimate of drug-likeness (QED) is 0.300. The minimum absolute atomic E-state index is 0.573. The number of thioether (sulfide) groups is 1. The molecule has 0 saturated carbocycles. The summed E-state index contributed by atoms with van der Waals surface area (Å²) in [4.78, 5) is 26.0. The van der Waals surface area contributed by atoms with Crippen LogP contribution in [0.2, 0.25) is 0 Å². The molecule has 0 aliphatic rings. The molecule has 0 bridgehead atoms. The van der Waals surface area contributed by atoms with Gasteiger partial charge in [-0.3, -0.25) is 19.4 Å². The smallest absolute Gasteiger partial charge is 0.265 e. The predicted octanol–water partition coefficient (Wildman–Crippen LogP) is 2.22. The van der Waals surface area contributed by atoms with Crippen molar-refractivity contribution >= 4 is 24.4 Å². The minimum atomic E-state index is -0.713. The Kier molecular flexibility index (Phi) is 8.77. The van der Waals surface area contributed by atoms with E-state index in [0.717, 1.165) is 17.9 Å². The van der Waals surface area contributed by atoms with Crippen LogP contribution in [0.25, 0.3) is 0 Å². The molecule has 20 heavy (non-hydrogen) atoms. The Labute approximate surface area is 129 Å². The van der Waals surface area contributed by atoms with E-state index in [0.29, 0.717) is 5.16 Å². The second-order valence-electron chi connectivity index (χ2n) is 4.75. The molecule has 0 amide bonds. The summed E-state index contributed by atoms with van der Waals surface area (Å²) in [5.74, 6) is 1.91. The molecule has 0 radical (unpaired) electrons. The maximum Gasteiger partial charge on any atom is 0.339 e. The number of hydrogen-bond acceptors (Lipinski definition) is 5. The second-order valence-corrected chi connectivity index (χ2v) is 6.26. The predicted molar refractivity (Wildman–Crippen MR) is 87.0 cm³/mol. The average Bonchev–Trinajstić information content (AvgIpc) is 2.42. The number of aromatic nitrogens is 3. The van der Waals surface area contributed by atoms with E-state index < -0.39 is 11.1 Å². The van der Waals surface area contributed by atoms with Crippen molar-refractivity contribution in [3.63, 3.8) is 0 Å². The van der Waals surface area contributed by atoms with Crippen LogP contribution in [0.3, 0.4) is 0 Å². The van der Waals surface area contributed by atoms with Crippen LogP contribution in [0.15, 0.2) is 14.7 Å². The molecule has 1 rings (SSSR count). The van der Waals surface area contributed by atoms with E-state index in [9.17, 15) is 9.59 Å². The maximum atomic E-state index is 11.2. The fraction of sp³-hybridized carbons (Fsp3) is 0.769. The highest BCUT2D eigenvalue weighted by molar-refractivity contribution is 7.99. The number of thiol groups is 1. The summed E-state index contributed by atoms with van der Waals surface area (Å²) in [7, 11) is 1.69. The number of unbranched alkanes of at least 4 members (excludes halogenated alkanes) is 6. The van der Waals surface area contributed by atoms with E-state index >= 15 is 0 Å². The van der Waals surface area contributed by atoms with Crippen molar-refractivity contribution in [1.29, 1.82) is 0 Å². The molecule has 1 N–H and O–H groups in total. The van der Waals surface area contributed by atoms with E-state index in [1.807, 2.05) is 0 Å². The highest BCUT2D eigenvalue weighted by atomic mass is 32.2. The molecule has 0 aliphatic heterocycles. The van der Waals surface area contributed by atoms with E-state index in [2.05, 4.69) is 22.7 Å². The van der Waals surface area contributed by atoms with Gasteiger partial charge in [-0.15, -0.1) is 0 Å². The summed E-state index contributed by atoms with van der Waals surface area (Å²) in [5.41, 5.74) is -1.38. The van der Waals surface area contributed by atoms with E-state index in [4.69, 9.17) is 0 Å². The van der Waals surface area contributed by atoms with Crippen LogP contribution in [0.1, 0.15) is 44.9 Å². The van der Waals surface area contributed by atoms with Crippen molar-refractivity contribution in [3.8, 4) is 0 Å². The topological polar surface area (TPSA) is 67.8 Å². The van der Waals surface area contributed by atoms with Crippen LogP contribution in [-0.2, 0) is 7.05 Å². The first-order chi connectivity index (χ1) is 9.65. The molecule has 0 aliphatic carbocycles. The van der Waals surface area contributed by atoms with Gasteiger partial charge in [-0.1, -0.05) is 43.9 Å². The molecule has 1 aromatic rings. The molecule has 1 aromatic heterocycles. The third kappa shape index (κ3) is 6.65.